The van der Waals surface area contributed by atoms with Gasteiger partial charge in [-0.05, 0) is 24.0 Å². The number of ether oxygens (including phenoxy) is 1. The average Bonchev–Trinajstić information content (AvgIpc) is 2.47. The van der Waals surface area contributed by atoms with Crippen molar-refractivity contribution in [2.45, 2.75) is 17.4 Å². The summed E-state index contributed by atoms with van der Waals surface area (Å²) in [6.45, 7) is 5.41. The first-order chi connectivity index (χ1) is 10.3. The van der Waals surface area contributed by atoms with E-state index in [4.69, 9.17) is 4.74 Å². The Morgan fingerprint density at radius 2 is 1.90 bits per heavy atom. The SMILES string of the molecule is CSc1ccc(CC(=O)N2CC(N3CCOCC3)C2)cc1. The van der Waals surface area contributed by atoms with E-state index in [9.17, 15) is 4.79 Å². The molecule has 0 aromatic heterocycles. The number of benzene rings is 1. The number of nitrogens with zero attached hydrogens (tertiary/aromatic N) is 2. The summed E-state index contributed by atoms with van der Waals surface area (Å²) in [7, 11) is 0. The molecule has 0 bridgehead atoms. The number of carbonyl (C=O) groups excluding carboxylic acids is 1. The van der Waals surface area contributed by atoms with Crippen LogP contribution in [0.2, 0.25) is 0 Å². The summed E-state index contributed by atoms with van der Waals surface area (Å²) in [6.07, 6.45) is 2.58. The third-order valence-corrected chi connectivity index (χ3v) is 5.04. The Hall–Kier alpha value is -1.04. The molecule has 0 radical (unpaired) electrons. The molecular weight excluding hydrogens is 284 g/mol. The topological polar surface area (TPSA) is 32.8 Å². The summed E-state index contributed by atoms with van der Waals surface area (Å²) in [4.78, 5) is 17.9. The summed E-state index contributed by atoms with van der Waals surface area (Å²) >= 11 is 1.72. The first kappa shape index (κ1) is 14.9. The van der Waals surface area contributed by atoms with Crippen molar-refractivity contribution in [3.05, 3.63) is 29.8 Å². The van der Waals surface area contributed by atoms with Crippen LogP contribution in [0.25, 0.3) is 0 Å². The highest BCUT2D eigenvalue weighted by atomic mass is 32.2. The third kappa shape index (κ3) is 3.59. The summed E-state index contributed by atoms with van der Waals surface area (Å²) in [5.74, 6) is 0.247. The molecule has 0 atom stereocenters. The van der Waals surface area contributed by atoms with Crippen LogP contribution in [0.1, 0.15) is 5.56 Å². The molecule has 2 aliphatic heterocycles. The molecule has 114 valence electrons. The molecule has 1 amide bonds. The molecule has 1 aromatic rings. The molecule has 2 fully saturated rings. The molecule has 4 nitrogen and oxygen atoms in total. The highest BCUT2D eigenvalue weighted by Crippen LogP contribution is 2.19. The molecule has 2 saturated heterocycles. The van der Waals surface area contributed by atoms with Crippen LogP contribution < -0.4 is 0 Å². The number of amides is 1. The summed E-state index contributed by atoms with van der Waals surface area (Å²) < 4.78 is 5.37. The summed E-state index contributed by atoms with van der Waals surface area (Å²) in [5, 5.41) is 0. The van der Waals surface area contributed by atoms with Gasteiger partial charge in [-0.15, -0.1) is 11.8 Å². The fraction of sp³-hybridized carbons (Fsp3) is 0.562. The summed E-state index contributed by atoms with van der Waals surface area (Å²) in [6, 6.07) is 8.82. The lowest BCUT2D eigenvalue weighted by Gasteiger charge is -2.46. The minimum absolute atomic E-state index is 0.247. The van der Waals surface area contributed by atoms with Gasteiger partial charge in [0.1, 0.15) is 0 Å². The number of likely N-dealkylation sites (tertiary alicyclic amines) is 1. The number of carbonyl (C=O) groups is 1. The predicted molar refractivity (Wildman–Crippen MR) is 84.7 cm³/mol. The molecule has 5 heteroatoms. The van der Waals surface area contributed by atoms with Crippen molar-refractivity contribution in [3.8, 4) is 0 Å². The maximum Gasteiger partial charge on any atom is 0.227 e. The molecule has 0 N–H and O–H groups in total. The van der Waals surface area contributed by atoms with Crippen LogP contribution in [0.3, 0.4) is 0 Å². The van der Waals surface area contributed by atoms with Crippen LogP contribution >= 0.6 is 11.8 Å². The van der Waals surface area contributed by atoms with Gasteiger partial charge in [-0.3, -0.25) is 9.69 Å². The molecular formula is C16H22N2O2S. The van der Waals surface area contributed by atoms with E-state index in [1.807, 2.05) is 4.90 Å². The van der Waals surface area contributed by atoms with Gasteiger partial charge in [0.2, 0.25) is 5.91 Å². The van der Waals surface area contributed by atoms with Gasteiger partial charge < -0.3 is 9.64 Å². The highest BCUT2D eigenvalue weighted by molar-refractivity contribution is 7.98. The smallest absolute Gasteiger partial charge is 0.227 e. The Balaban J connectivity index is 1.46. The van der Waals surface area contributed by atoms with Crippen LogP contribution in [0.5, 0.6) is 0 Å². The van der Waals surface area contributed by atoms with Gasteiger partial charge in [-0.25, -0.2) is 0 Å². The molecule has 0 aliphatic carbocycles. The van der Waals surface area contributed by atoms with E-state index in [0.717, 1.165) is 45.0 Å². The molecule has 1 aromatic carbocycles. The third-order valence-electron chi connectivity index (χ3n) is 4.29. The molecule has 2 aliphatic rings. The van der Waals surface area contributed by atoms with E-state index in [0.29, 0.717) is 12.5 Å². The fourth-order valence-corrected chi connectivity index (χ4v) is 3.27. The van der Waals surface area contributed by atoms with Crippen LogP contribution in [0.15, 0.2) is 29.2 Å². The standard InChI is InChI=1S/C16H22N2O2S/c1-21-15-4-2-13(3-5-15)10-16(19)18-11-14(12-18)17-6-8-20-9-7-17/h2-5,14H,6-12H2,1H3. The highest BCUT2D eigenvalue weighted by Gasteiger charge is 2.34. The number of thioether (sulfide) groups is 1. The number of rotatable bonds is 4. The molecule has 21 heavy (non-hydrogen) atoms. The largest absolute Gasteiger partial charge is 0.379 e. The number of hydrogen-bond acceptors (Lipinski definition) is 4. The van der Waals surface area contributed by atoms with E-state index in [1.54, 1.807) is 11.8 Å². The van der Waals surface area contributed by atoms with Crippen molar-refractivity contribution in [2.75, 3.05) is 45.6 Å². The molecule has 0 spiro atoms. The second-order valence-electron chi connectivity index (χ2n) is 5.63. The lowest BCUT2D eigenvalue weighted by atomic mass is 10.0. The van der Waals surface area contributed by atoms with Gasteiger partial charge >= 0.3 is 0 Å². The Kier molecular flexibility index (Phi) is 4.83. The predicted octanol–water partition coefficient (Wildman–Crippen LogP) is 1.49. The lowest BCUT2D eigenvalue weighted by molar-refractivity contribution is -0.139. The maximum absolute atomic E-state index is 12.3. The van der Waals surface area contributed by atoms with Crippen LogP contribution in [-0.4, -0.2) is 67.4 Å². The molecule has 3 rings (SSSR count). The van der Waals surface area contributed by atoms with Gasteiger partial charge in [-0.1, -0.05) is 12.1 Å². The molecule has 0 saturated carbocycles. The maximum atomic E-state index is 12.3. The van der Waals surface area contributed by atoms with Crippen molar-refractivity contribution in [3.63, 3.8) is 0 Å². The van der Waals surface area contributed by atoms with E-state index in [2.05, 4.69) is 35.4 Å². The second kappa shape index (κ2) is 6.81. The van der Waals surface area contributed by atoms with E-state index in [1.165, 1.54) is 4.90 Å². The second-order valence-corrected chi connectivity index (χ2v) is 6.51. The van der Waals surface area contributed by atoms with Crippen LogP contribution in [0.4, 0.5) is 0 Å². The van der Waals surface area contributed by atoms with Gasteiger partial charge in [-0.2, -0.15) is 0 Å². The van der Waals surface area contributed by atoms with Crippen LogP contribution in [-0.2, 0) is 16.0 Å². The molecule has 2 heterocycles. The van der Waals surface area contributed by atoms with Crippen LogP contribution in [0, 0.1) is 0 Å². The van der Waals surface area contributed by atoms with Gasteiger partial charge in [0, 0.05) is 37.1 Å². The first-order valence-electron chi connectivity index (χ1n) is 7.49. The minimum Gasteiger partial charge on any atom is -0.379 e. The van der Waals surface area contributed by atoms with E-state index < -0.39 is 0 Å². The fourth-order valence-electron chi connectivity index (χ4n) is 2.86. The Labute approximate surface area is 130 Å². The minimum atomic E-state index is 0.247. The van der Waals surface area contributed by atoms with E-state index >= 15 is 0 Å². The van der Waals surface area contributed by atoms with Crippen molar-refractivity contribution < 1.29 is 9.53 Å². The zero-order valence-corrected chi connectivity index (χ0v) is 13.3. The van der Waals surface area contributed by atoms with Gasteiger partial charge in [0.05, 0.1) is 19.6 Å². The Morgan fingerprint density at radius 1 is 1.24 bits per heavy atom. The first-order valence-corrected chi connectivity index (χ1v) is 8.71. The molecule has 0 unspecified atom stereocenters. The zero-order chi connectivity index (χ0) is 14.7. The van der Waals surface area contributed by atoms with Crippen molar-refractivity contribution in [2.24, 2.45) is 0 Å². The zero-order valence-electron chi connectivity index (χ0n) is 12.5. The number of morpholine rings is 1. The Bertz CT molecular complexity index is 480. The van der Waals surface area contributed by atoms with Gasteiger partial charge in [0.15, 0.2) is 0 Å². The normalized spacial score (nSPS) is 20.3. The quantitative estimate of drug-likeness (QED) is 0.789. The summed E-state index contributed by atoms with van der Waals surface area (Å²) in [5.41, 5.74) is 1.10. The monoisotopic (exact) mass is 306 g/mol. The van der Waals surface area contributed by atoms with Crippen molar-refractivity contribution in [1.82, 2.24) is 9.80 Å². The van der Waals surface area contributed by atoms with Crippen molar-refractivity contribution >= 4 is 17.7 Å². The lowest BCUT2D eigenvalue weighted by Crippen LogP contribution is -2.63. The van der Waals surface area contributed by atoms with Gasteiger partial charge in [0.25, 0.3) is 0 Å². The Morgan fingerprint density at radius 3 is 2.52 bits per heavy atom. The average molecular weight is 306 g/mol. The number of hydrogen-bond donors (Lipinski definition) is 0. The van der Waals surface area contributed by atoms with E-state index in [-0.39, 0.29) is 5.91 Å². The van der Waals surface area contributed by atoms with Crippen molar-refractivity contribution in [1.29, 1.82) is 0 Å².